The van der Waals surface area contributed by atoms with Crippen LogP contribution in [0.4, 0.5) is 0 Å². The summed E-state index contributed by atoms with van der Waals surface area (Å²) in [5, 5.41) is 18.0. The van der Waals surface area contributed by atoms with E-state index in [2.05, 4.69) is 124 Å². The van der Waals surface area contributed by atoms with Gasteiger partial charge >= 0.3 is 65.7 Å². The molecule has 22 heteroatoms. The van der Waals surface area contributed by atoms with E-state index >= 15 is 0 Å². The van der Waals surface area contributed by atoms with Crippen LogP contribution in [0.1, 0.15) is 148 Å². The van der Waals surface area contributed by atoms with Gasteiger partial charge in [-0.25, -0.2) is 52.7 Å². The molecule has 6 aliphatic carbocycles. The molecule has 0 spiro atoms. The van der Waals surface area contributed by atoms with Crippen LogP contribution in [0.3, 0.4) is 0 Å². The largest absolute Gasteiger partial charge is 0.460 e. The van der Waals surface area contributed by atoms with Crippen molar-refractivity contribution in [2.45, 2.75) is 184 Å². The van der Waals surface area contributed by atoms with Gasteiger partial charge in [-0.1, -0.05) is 115 Å². The van der Waals surface area contributed by atoms with Gasteiger partial charge in [0, 0.05) is 62.8 Å². The quantitative estimate of drug-likeness (QED) is 0.0470. The Labute approximate surface area is 523 Å². The third-order valence-corrected chi connectivity index (χ3v) is 19.6. The predicted molar refractivity (Wildman–Crippen MR) is 324 cm³/mol. The van der Waals surface area contributed by atoms with E-state index in [0.29, 0.717) is 17.8 Å². The van der Waals surface area contributed by atoms with E-state index in [-0.39, 0.29) is 73.1 Å². The number of carbonyl (C=O) groups is 11. The molecule has 494 valence electrons. The maximum atomic E-state index is 12.7. The molecule has 2 N–H and O–H groups in total. The Bertz CT molecular complexity index is 2750. The van der Waals surface area contributed by atoms with Crippen molar-refractivity contribution < 1.29 is 106 Å². The summed E-state index contributed by atoms with van der Waals surface area (Å²) < 4.78 is 45.2. The molecule has 0 aromatic heterocycles. The molecule has 3 unspecified atom stereocenters. The Balaban J connectivity index is 0.000000401. The summed E-state index contributed by atoms with van der Waals surface area (Å²) in [5.74, 6) is -6.34. The highest BCUT2D eigenvalue weighted by Crippen LogP contribution is 2.68. The van der Waals surface area contributed by atoms with Crippen LogP contribution in [-0.4, -0.2) is 132 Å². The molecule has 0 aromatic carbocycles. The van der Waals surface area contributed by atoms with Gasteiger partial charge in [0.15, 0.2) is 6.10 Å². The van der Waals surface area contributed by atoms with Crippen molar-refractivity contribution in [3.05, 3.63) is 99.2 Å². The van der Waals surface area contributed by atoms with Crippen LogP contribution >= 0.6 is 0 Å². The minimum atomic E-state index is -1.40. The molecule has 0 aliphatic heterocycles. The molecule has 89 heavy (non-hydrogen) atoms. The zero-order chi connectivity index (χ0) is 68.5. The Morgan fingerprint density at radius 2 is 0.753 bits per heavy atom. The first kappa shape index (κ1) is 77.5. The molecule has 6 fully saturated rings. The number of rotatable bonds is 21. The zero-order valence-electron chi connectivity index (χ0n) is 54.2. The lowest BCUT2D eigenvalue weighted by molar-refractivity contribution is -0.180. The number of aliphatic hydroxyl groups is 2. The standard InChI is InChI=1S/C21H30O6.C19H26O6.C13H22O4.C8H10O3.C6H6O3/c1-12(2)17(22)25-11-15(26-18(23)13(3)4)19(24)27-16-10-14-8-9-21(16,7)20(14,5)6;1-6-15(20)23-11-13(24-16(21)7-2)17(22)25-14-10-12-8-9-19(14,5)18(12,3)4;1-12(2)8-4-5-13(12,3)10(6-8)17-11(16)9(15)7-14;1-5(2)7(9)11-8(10)6(3)4;1-3-5(7)9-6(8)4-2/h14-16H,1,3,8-11H2,2,4-7H3;6-7,12-14H,1-2,8-11H2,3-5H3;8-10,14-15H,4-7H2,1-3H3;1,3H2,2,4H3;3-4H,1-2H2/t14-,15?,16+,21-;12-,13?,14+,19-;8-,9?,10+,13-;;/m000../s1. The lowest BCUT2D eigenvalue weighted by Gasteiger charge is -2.38. The highest BCUT2D eigenvalue weighted by molar-refractivity contribution is 6.00. The fourth-order valence-electron chi connectivity index (χ4n) is 12.3. The molecule has 0 radical (unpaired) electrons. The van der Waals surface area contributed by atoms with Crippen molar-refractivity contribution in [2.75, 3.05) is 19.8 Å². The van der Waals surface area contributed by atoms with Crippen LogP contribution < -0.4 is 0 Å². The SMILES string of the molecule is C=C(C)C(=O)OC(=O)C(=C)C.C=C(C)C(=O)OCC(OC(=O)C(=C)C)C(=O)O[C@@H]1C[C@@H]2CC[C@]1(C)C2(C)C.C=CC(=O)OC(=O)C=C.C=CC(=O)OCC(OC(=O)C=C)C(=O)O[C@@H]1C[C@@H]2CC[C@]1(C)C2(C)C.CC1(C)[C@H]2CC[C@@]1(C)[C@H](OC(=O)C(O)CO)C2. The molecule has 0 amide bonds. The number of aliphatic hydroxyl groups excluding tert-OH is 2. The summed E-state index contributed by atoms with van der Waals surface area (Å²) in [6.45, 7) is 50.6. The summed E-state index contributed by atoms with van der Waals surface area (Å²) in [4.78, 5) is 125. The molecule has 22 nitrogen and oxygen atoms in total. The molecular weight excluding hydrogens is 1160 g/mol. The first-order chi connectivity index (χ1) is 41.0. The van der Waals surface area contributed by atoms with Gasteiger partial charge in [-0.05, 0) is 119 Å². The van der Waals surface area contributed by atoms with Crippen molar-refractivity contribution >= 4 is 65.7 Å². The summed E-state index contributed by atoms with van der Waals surface area (Å²) in [6.07, 6.45) is 8.03. The third-order valence-electron chi connectivity index (χ3n) is 19.6. The fraction of sp³-hybridized carbons (Fsp3) is 0.597. The summed E-state index contributed by atoms with van der Waals surface area (Å²) in [7, 11) is 0. The maximum Gasteiger partial charge on any atom is 0.351 e. The van der Waals surface area contributed by atoms with Crippen LogP contribution in [0, 0.1) is 50.2 Å². The van der Waals surface area contributed by atoms with Crippen LogP contribution in [0.15, 0.2) is 99.2 Å². The van der Waals surface area contributed by atoms with Gasteiger partial charge in [0.2, 0.25) is 12.2 Å². The van der Waals surface area contributed by atoms with Gasteiger partial charge in [0.05, 0.1) is 6.61 Å². The average Bonchev–Trinajstić information content (AvgIpc) is 1.60. The van der Waals surface area contributed by atoms with Crippen LogP contribution in [-0.2, 0) is 95.4 Å². The van der Waals surface area contributed by atoms with E-state index in [9.17, 15) is 57.8 Å². The molecule has 0 heterocycles. The maximum absolute atomic E-state index is 12.7. The topological polar surface area (TPSA) is 311 Å². The molecule has 6 saturated carbocycles. The van der Waals surface area contributed by atoms with Crippen LogP contribution in [0.25, 0.3) is 0 Å². The zero-order valence-corrected chi connectivity index (χ0v) is 54.2. The van der Waals surface area contributed by atoms with Crippen molar-refractivity contribution in [3.63, 3.8) is 0 Å². The van der Waals surface area contributed by atoms with E-state index in [1.807, 2.05) is 0 Å². The fourth-order valence-corrected chi connectivity index (χ4v) is 12.3. The van der Waals surface area contributed by atoms with E-state index in [1.165, 1.54) is 34.1 Å². The van der Waals surface area contributed by atoms with E-state index < -0.39 is 104 Å². The Morgan fingerprint density at radius 3 is 1.03 bits per heavy atom. The summed E-state index contributed by atoms with van der Waals surface area (Å²) >= 11 is 0. The monoisotopic (exact) mass is 1250 g/mol. The summed E-state index contributed by atoms with van der Waals surface area (Å²) in [6, 6.07) is 0. The van der Waals surface area contributed by atoms with Crippen LogP contribution in [0.2, 0.25) is 0 Å². The molecule has 6 aliphatic rings. The molecule has 6 bridgehead atoms. The normalized spacial score (nSPS) is 26.8. The molecule has 0 saturated heterocycles. The first-order valence-electron chi connectivity index (χ1n) is 29.3. The van der Waals surface area contributed by atoms with Crippen molar-refractivity contribution in [2.24, 2.45) is 50.2 Å². The number of carbonyl (C=O) groups excluding carboxylic acids is 11. The van der Waals surface area contributed by atoms with Gasteiger partial charge in [-0.15, -0.1) is 0 Å². The highest BCUT2D eigenvalue weighted by Gasteiger charge is 2.65. The summed E-state index contributed by atoms with van der Waals surface area (Å²) in [5.41, 5.74) is 0.837. The molecule has 6 rings (SSSR count). The lowest BCUT2D eigenvalue weighted by Crippen LogP contribution is -2.42. The Kier molecular flexibility index (Phi) is 28.1. The second kappa shape index (κ2) is 32.2. The second-order valence-electron chi connectivity index (χ2n) is 25.7. The third kappa shape index (κ3) is 19.0. The Morgan fingerprint density at radius 1 is 0.438 bits per heavy atom. The first-order valence-corrected chi connectivity index (χ1v) is 29.3. The van der Waals surface area contributed by atoms with E-state index in [4.69, 9.17) is 38.3 Å². The Hall–Kier alpha value is -7.59. The van der Waals surface area contributed by atoms with Crippen LogP contribution in [0.5, 0.6) is 0 Å². The predicted octanol–water partition coefficient (Wildman–Crippen LogP) is 8.66. The van der Waals surface area contributed by atoms with Gasteiger partial charge in [0.1, 0.15) is 31.5 Å². The van der Waals surface area contributed by atoms with Gasteiger partial charge in [0.25, 0.3) is 0 Å². The number of ether oxygens (including phenoxy) is 9. The van der Waals surface area contributed by atoms with Gasteiger partial charge in [-0.2, -0.15) is 0 Å². The minimum absolute atomic E-state index is 0.00248. The number of hydrogen-bond donors (Lipinski definition) is 2. The number of hydrogen-bond acceptors (Lipinski definition) is 22. The smallest absolute Gasteiger partial charge is 0.351 e. The van der Waals surface area contributed by atoms with Crippen molar-refractivity contribution in [3.8, 4) is 0 Å². The van der Waals surface area contributed by atoms with Gasteiger partial charge < -0.3 is 52.8 Å². The van der Waals surface area contributed by atoms with E-state index in [0.717, 1.165) is 75.7 Å². The highest BCUT2D eigenvalue weighted by atomic mass is 16.6. The van der Waals surface area contributed by atoms with Gasteiger partial charge in [-0.3, -0.25) is 0 Å². The van der Waals surface area contributed by atoms with Crippen molar-refractivity contribution in [1.82, 2.24) is 0 Å². The number of esters is 11. The number of fused-ring (bicyclic) bond motifs is 6. The molecule has 0 aromatic rings. The van der Waals surface area contributed by atoms with Crippen molar-refractivity contribution in [1.29, 1.82) is 0 Å². The molecular formula is C67H94O22. The average molecular weight is 1250 g/mol. The second-order valence-corrected chi connectivity index (χ2v) is 25.7. The minimum Gasteiger partial charge on any atom is -0.460 e. The molecule has 12 atom stereocenters. The lowest BCUT2D eigenvalue weighted by atomic mass is 9.70. The van der Waals surface area contributed by atoms with E-state index in [1.54, 1.807) is 0 Å².